The Bertz CT molecular complexity index is 1100. The van der Waals surface area contributed by atoms with Crippen LogP contribution in [0.5, 0.6) is 0 Å². The van der Waals surface area contributed by atoms with Crippen LogP contribution in [-0.4, -0.2) is 11.5 Å². The highest BCUT2D eigenvalue weighted by molar-refractivity contribution is 6.02. The van der Waals surface area contributed by atoms with Gasteiger partial charge in [-0.05, 0) is 35.4 Å². The Morgan fingerprint density at radius 1 is 0.769 bits per heavy atom. The molecule has 1 aromatic heterocycles. The van der Waals surface area contributed by atoms with Gasteiger partial charge in [0.15, 0.2) is 0 Å². The van der Waals surface area contributed by atoms with E-state index in [4.69, 9.17) is 4.98 Å². The highest BCUT2D eigenvalue weighted by Crippen LogP contribution is 2.38. The van der Waals surface area contributed by atoms with E-state index >= 15 is 0 Å². The topological polar surface area (TPSA) is 16.1 Å². The Hall–Kier alpha value is -3.39. The van der Waals surface area contributed by atoms with Crippen LogP contribution in [-0.2, 0) is 0 Å². The molecule has 0 amide bonds. The van der Waals surface area contributed by atoms with E-state index in [0.29, 0.717) is 0 Å². The fourth-order valence-corrected chi connectivity index (χ4v) is 3.73. The lowest BCUT2D eigenvalue weighted by Crippen LogP contribution is -2.20. The van der Waals surface area contributed by atoms with Gasteiger partial charge in [0, 0.05) is 29.4 Å². The minimum absolute atomic E-state index is 0.876. The van der Waals surface area contributed by atoms with E-state index in [1.807, 2.05) is 6.20 Å². The second kappa shape index (κ2) is 6.16. The monoisotopic (exact) mass is 334 g/mol. The first-order valence-corrected chi connectivity index (χ1v) is 8.88. The van der Waals surface area contributed by atoms with Crippen LogP contribution >= 0.6 is 0 Å². The summed E-state index contributed by atoms with van der Waals surface area (Å²) in [5.74, 6) is 0. The molecule has 0 radical (unpaired) electrons. The van der Waals surface area contributed by atoms with E-state index in [1.165, 1.54) is 33.5 Å². The predicted molar refractivity (Wildman–Crippen MR) is 110 cm³/mol. The third-order valence-corrected chi connectivity index (χ3v) is 4.95. The first kappa shape index (κ1) is 14.9. The van der Waals surface area contributed by atoms with Gasteiger partial charge in [-0.15, -0.1) is 0 Å². The number of para-hydroxylation sites is 1. The molecule has 4 aromatic rings. The molecule has 2 heterocycles. The zero-order chi connectivity index (χ0) is 17.3. The predicted octanol–water partition coefficient (Wildman–Crippen LogP) is 6.07. The standard InChI is InChI=1S/C24H18N2/c1-3-8-18(9-4-1)20-15-16-25-24-21(20)13-14-23-22(24)12-7-17-26(23)19-10-5-2-6-11-19/h1-16H,17H2. The van der Waals surface area contributed by atoms with Gasteiger partial charge in [-0.25, -0.2) is 0 Å². The molecule has 1 aliphatic heterocycles. The SMILES string of the molecule is C1=Cc2c(ccc3c(-c4ccccc4)ccnc23)N(c2ccccc2)C1. The van der Waals surface area contributed by atoms with Gasteiger partial charge >= 0.3 is 0 Å². The van der Waals surface area contributed by atoms with E-state index in [2.05, 4.69) is 95.9 Å². The van der Waals surface area contributed by atoms with Crippen molar-refractivity contribution in [1.29, 1.82) is 0 Å². The molecule has 0 saturated carbocycles. The summed E-state index contributed by atoms with van der Waals surface area (Å²) in [4.78, 5) is 7.07. The molecule has 0 unspecified atom stereocenters. The van der Waals surface area contributed by atoms with E-state index in [9.17, 15) is 0 Å². The van der Waals surface area contributed by atoms with Gasteiger partial charge in [-0.2, -0.15) is 0 Å². The minimum Gasteiger partial charge on any atom is -0.337 e. The van der Waals surface area contributed by atoms with Crippen LogP contribution in [0.4, 0.5) is 11.4 Å². The van der Waals surface area contributed by atoms with Crippen LogP contribution in [0.1, 0.15) is 5.56 Å². The summed E-state index contributed by atoms with van der Waals surface area (Å²) in [6.45, 7) is 0.876. The molecular formula is C24H18N2. The molecular weight excluding hydrogens is 316 g/mol. The first-order valence-electron chi connectivity index (χ1n) is 8.88. The van der Waals surface area contributed by atoms with Crippen molar-refractivity contribution in [3.8, 4) is 11.1 Å². The first-order chi connectivity index (χ1) is 12.9. The molecule has 2 heteroatoms. The van der Waals surface area contributed by atoms with E-state index in [1.54, 1.807) is 0 Å². The summed E-state index contributed by atoms with van der Waals surface area (Å²) >= 11 is 0. The van der Waals surface area contributed by atoms with Gasteiger partial charge < -0.3 is 4.90 Å². The molecule has 0 aliphatic carbocycles. The molecule has 2 nitrogen and oxygen atoms in total. The Morgan fingerprint density at radius 2 is 1.54 bits per heavy atom. The van der Waals surface area contributed by atoms with Crippen molar-refractivity contribution in [3.63, 3.8) is 0 Å². The normalized spacial score (nSPS) is 13.0. The van der Waals surface area contributed by atoms with Gasteiger partial charge in [-0.3, -0.25) is 4.98 Å². The molecule has 26 heavy (non-hydrogen) atoms. The van der Waals surface area contributed by atoms with E-state index in [-0.39, 0.29) is 0 Å². The van der Waals surface area contributed by atoms with Crippen LogP contribution in [0.15, 0.2) is 91.1 Å². The third-order valence-electron chi connectivity index (χ3n) is 4.95. The molecule has 0 N–H and O–H groups in total. The van der Waals surface area contributed by atoms with Crippen molar-refractivity contribution in [2.24, 2.45) is 0 Å². The highest BCUT2D eigenvalue weighted by atomic mass is 15.1. The molecule has 3 aromatic carbocycles. The lowest BCUT2D eigenvalue weighted by atomic mass is 9.96. The summed E-state index contributed by atoms with van der Waals surface area (Å²) in [6.07, 6.45) is 6.34. The maximum atomic E-state index is 4.73. The zero-order valence-electron chi connectivity index (χ0n) is 14.3. The smallest absolute Gasteiger partial charge is 0.0801 e. The van der Waals surface area contributed by atoms with Crippen LogP contribution < -0.4 is 4.90 Å². The van der Waals surface area contributed by atoms with Crippen molar-refractivity contribution in [3.05, 3.63) is 96.7 Å². The van der Waals surface area contributed by atoms with Crippen molar-refractivity contribution in [2.75, 3.05) is 11.4 Å². The lowest BCUT2D eigenvalue weighted by molar-refractivity contribution is 1.08. The average Bonchev–Trinajstić information content (AvgIpc) is 2.74. The van der Waals surface area contributed by atoms with Crippen molar-refractivity contribution in [1.82, 2.24) is 4.98 Å². The van der Waals surface area contributed by atoms with Gasteiger partial charge in [0.25, 0.3) is 0 Å². The van der Waals surface area contributed by atoms with Crippen LogP contribution in [0.2, 0.25) is 0 Å². The number of fused-ring (bicyclic) bond motifs is 3. The van der Waals surface area contributed by atoms with Crippen LogP contribution in [0.3, 0.4) is 0 Å². The van der Waals surface area contributed by atoms with Crippen LogP contribution in [0.25, 0.3) is 28.1 Å². The molecule has 5 rings (SSSR count). The number of benzene rings is 3. The van der Waals surface area contributed by atoms with Crippen molar-refractivity contribution in [2.45, 2.75) is 0 Å². The summed E-state index contributed by atoms with van der Waals surface area (Å²) < 4.78 is 0. The second-order valence-corrected chi connectivity index (χ2v) is 6.47. The molecule has 0 bridgehead atoms. The number of anilines is 2. The molecule has 0 spiro atoms. The van der Waals surface area contributed by atoms with Crippen LogP contribution in [0, 0.1) is 0 Å². The van der Waals surface area contributed by atoms with E-state index < -0.39 is 0 Å². The number of hydrogen-bond acceptors (Lipinski definition) is 2. The summed E-state index contributed by atoms with van der Waals surface area (Å²) in [5.41, 5.74) is 7.11. The number of rotatable bonds is 2. The highest BCUT2D eigenvalue weighted by Gasteiger charge is 2.18. The maximum Gasteiger partial charge on any atom is 0.0801 e. The molecule has 0 atom stereocenters. The molecule has 0 fully saturated rings. The summed E-state index contributed by atoms with van der Waals surface area (Å²) in [6, 6.07) is 27.6. The third kappa shape index (κ3) is 2.39. The fourth-order valence-electron chi connectivity index (χ4n) is 3.73. The summed E-state index contributed by atoms with van der Waals surface area (Å²) in [5, 5.41) is 1.19. The Morgan fingerprint density at radius 3 is 2.35 bits per heavy atom. The minimum atomic E-state index is 0.876. The van der Waals surface area contributed by atoms with Gasteiger partial charge in [0.1, 0.15) is 0 Å². The Labute approximate surface area is 153 Å². The van der Waals surface area contributed by atoms with Gasteiger partial charge in [-0.1, -0.05) is 66.7 Å². The Balaban J connectivity index is 1.72. The largest absolute Gasteiger partial charge is 0.337 e. The fraction of sp³-hybridized carbons (Fsp3) is 0.0417. The number of nitrogens with zero attached hydrogens (tertiary/aromatic N) is 2. The van der Waals surface area contributed by atoms with Gasteiger partial charge in [0.05, 0.1) is 11.2 Å². The van der Waals surface area contributed by atoms with Crippen molar-refractivity contribution < 1.29 is 0 Å². The molecule has 124 valence electrons. The quantitative estimate of drug-likeness (QED) is 0.442. The average molecular weight is 334 g/mol. The molecule has 1 aliphatic rings. The zero-order valence-corrected chi connectivity index (χ0v) is 14.3. The maximum absolute atomic E-state index is 4.73. The second-order valence-electron chi connectivity index (χ2n) is 6.47. The lowest BCUT2D eigenvalue weighted by Gasteiger charge is -2.29. The molecule has 0 saturated heterocycles. The number of aromatic nitrogens is 1. The summed E-state index contributed by atoms with van der Waals surface area (Å²) in [7, 11) is 0. The van der Waals surface area contributed by atoms with E-state index in [0.717, 1.165) is 12.1 Å². The van der Waals surface area contributed by atoms with Crippen molar-refractivity contribution >= 4 is 28.4 Å². The van der Waals surface area contributed by atoms with Gasteiger partial charge in [0.2, 0.25) is 0 Å². The number of pyridine rings is 1. The Kier molecular flexibility index (Phi) is 3.53. The number of hydrogen-bond donors (Lipinski definition) is 0.